The highest BCUT2D eigenvalue weighted by Gasteiger charge is 2.00. The van der Waals surface area contributed by atoms with Gasteiger partial charge in [-0.1, -0.05) is 46.3 Å². The molecule has 2 aromatic carbocycles. The summed E-state index contributed by atoms with van der Waals surface area (Å²) in [5.74, 6) is 0. The van der Waals surface area contributed by atoms with Crippen molar-refractivity contribution in [3.05, 3.63) is 82.6 Å². The molecule has 0 saturated carbocycles. The molecular formula is C17H16BrN3. The highest BCUT2D eigenvalue weighted by Crippen LogP contribution is 2.11. The Hall–Kier alpha value is -1.91. The van der Waals surface area contributed by atoms with Gasteiger partial charge in [0.2, 0.25) is 0 Å². The van der Waals surface area contributed by atoms with Crippen molar-refractivity contribution in [2.75, 3.05) is 0 Å². The van der Waals surface area contributed by atoms with Crippen LogP contribution >= 0.6 is 15.9 Å². The second-order valence-corrected chi connectivity index (χ2v) is 5.77. The lowest BCUT2D eigenvalue weighted by atomic mass is 10.2. The van der Waals surface area contributed by atoms with Crippen molar-refractivity contribution in [1.29, 1.82) is 0 Å². The zero-order chi connectivity index (χ0) is 14.5. The van der Waals surface area contributed by atoms with E-state index < -0.39 is 0 Å². The SMILES string of the molecule is Brc1ccc(CNCc2cnn(-c3ccccc3)c2)cc1. The fourth-order valence-corrected chi connectivity index (χ4v) is 2.39. The first-order valence-corrected chi connectivity index (χ1v) is 7.65. The van der Waals surface area contributed by atoms with E-state index >= 15 is 0 Å². The third kappa shape index (κ3) is 3.80. The van der Waals surface area contributed by atoms with Crippen LogP contribution in [-0.2, 0) is 13.1 Å². The van der Waals surface area contributed by atoms with Crippen molar-refractivity contribution in [3.8, 4) is 5.69 Å². The highest BCUT2D eigenvalue weighted by atomic mass is 79.9. The number of para-hydroxylation sites is 1. The Bertz CT molecular complexity index is 690. The van der Waals surface area contributed by atoms with Crippen LogP contribution < -0.4 is 5.32 Å². The van der Waals surface area contributed by atoms with Crippen LogP contribution in [0.4, 0.5) is 0 Å². The first-order chi connectivity index (χ1) is 10.3. The Kier molecular flexibility index (Phi) is 4.48. The summed E-state index contributed by atoms with van der Waals surface area (Å²) in [5.41, 5.74) is 3.53. The van der Waals surface area contributed by atoms with Gasteiger partial charge in [0.05, 0.1) is 11.9 Å². The summed E-state index contributed by atoms with van der Waals surface area (Å²) in [6.45, 7) is 1.66. The standard InChI is InChI=1S/C17H16BrN3/c18-16-8-6-14(7-9-16)10-19-11-15-12-20-21(13-15)17-4-2-1-3-5-17/h1-9,12-13,19H,10-11H2. The molecule has 106 valence electrons. The van der Waals surface area contributed by atoms with Crippen molar-refractivity contribution in [3.63, 3.8) is 0 Å². The summed E-state index contributed by atoms with van der Waals surface area (Å²) in [4.78, 5) is 0. The molecule has 1 N–H and O–H groups in total. The van der Waals surface area contributed by atoms with Crippen LogP contribution in [0.1, 0.15) is 11.1 Å². The Morgan fingerprint density at radius 2 is 1.62 bits per heavy atom. The summed E-state index contributed by atoms with van der Waals surface area (Å²) < 4.78 is 3.01. The zero-order valence-electron chi connectivity index (χ0n) is 11.5. The van der Waals surface area contributed by atoms with Gasteiger partial charge in [0, 0.05) is 29.3 Å². The summed E-state index contributed by atoms with van der Waals surface area (Å²) in [6.07, 6.45) is 3.96. The van der Waals surface area contributed by atoms with Crippen molar-refractivity contribution in [2.45, 2.75) is 13.1 Å². The quantitative estimate of drug-likeness (QED) is 0.762. The third-order valence-corrected chi connectivity index (χ3v) is 3.76. The minimum Gasteiger partial charge on any atom is -0.309 e. The van der Waals surface area contributed by atoms with Crippen LogP contribution in [-0.4, -0.2) is 9.78 Å². The van der Waals surface area contributed by atoms with E-state index in [1.807, 2.05) is 41.2 Å². The fourth-order valence-electron chi connectivity index (χ4n) is 2.13. The first kappa shape index (κ1) is 14.0. The molecule has 0 unspecified atom stereocenters. The van der Waals surface area contributed by atoms with Crippen LogP contribution in [0, 0.1) is 0 Å². The molecule has 1 aromatic heterocycles. The number of hydrogen-bond acceptors (Lipinski definition) is 2. The largest absolute Gasteiger partial charge is 0.309 e. The van der Waals surface area contributed by atoms with Gasteiger partial charge < -0.3 is 5.32 Å². The molecular weight excluding hydrogens is 326 g/mol. The van der Waals surface area contributed by atoms with Crippen molar-refractivity contribution in [2.24, 2.45) is 0 Å². The summed E-state index contributed by atoms with van der Waals surface area (Å²) in [6, 6.07) is 18.5. The zero-order valence-corrected chi connectivity index (χ0v) is 13.1. The Balaban J connectivity index is 1.57. The molecule has 3 aromatic rings. The Morgan fingerprint density at radius 3 is 2.38 bits per heavy atom. The molecule has 0 aliphatic heterocycles. The Labute approximate surface area is 132 Å². The lowest BCUT2D eigenvalue weighted by molar-refractivity contribution is 0.693. The normalized spacial score (nSPS) is 10.7. The predicted molar refractivity (Wildman–Crippen MR) is 88.2 cm³/mol. The van der Waals surface area contributed by atoms with E-state index in [1.165, 1.54) is 11.1 Å². The molecule has 3 rings (SSSR count). The molecule has 0 aliphatic rings. The van der Waals surface area contributed by atoms with Gasteiger partial charge in [-0.05, 0) is 29.8 Å². The molecule has 0 amide bonds. The van der Waals surface area contributed by atoms with Gasteiger partial charge in [0.25, 0.3) is 0 Å². The van der Waals surface area contributed by atoms with Crippen LogP contribution in [0.5, 0.6) is 0 Å². The molecule has 21 heavy (non-hydrogen) atoms. The van der Waals surface area contributed by atoms with Gasteiger partial charge in [-0.25, -0.2) is 4.68 Å². The number of nitrogens with zero attached hydrogens (tertiary/aromatic N) is 2. The number of rotatable bonds is 5. The lowest BCUT2D eigenvalue weighted by Crippen LogP contribution is -2.12. The fraction of sp³-hybridized carbons (Fsp3) is 0.118. The van der Waals surface area contributed by atoms with E-state index in [2.05, 4.69) is 56.8 Å². The molecule has 4 heteroatoms. The predicted octanol–water partition coefficient (Wildman–Crippen LogP) is 3.92. The van der Waals surface area contributed by atoms with E-state index in [9.17, 15) is 0 Å². The van der Waals surface area contributed by atoms with Gasteiger partial charge in [-0.3, -0.25) is 0 Å². The lowest BCUT2D eigenvalue weighted by Gasteiger charge is -2.03. The minimum atomic E-state index is 0.808. The number of hydrogen-bond donors (Lipinski definition) is 1. The Morgan fingerprint density at radius 1 is 0.905 bits per heavy atom. The molecule has 3 nitrogen and oxygen atoms in total. The number of aromatic nitrogens is 2. The van der Waals surface area contributed by atoms with Gasteiger partial charge in [0.15, 0.2) is 0 Å². The third-order valence-electron chi connectivity index (χ3n) is 3.23. The average Bonchev–Trinajstić information content (AvgIpc) is 2.99. The summed E-state index contributed by atoms with van der Waals surface area (Å²) >= 11 is 3.44. The monoisotopic (exact) mass is 341 g/mol. The summed E-state index contributed by atoms with van der Waals surface area (Å²) in [7, 11) is 0. The molecule has 0 radical (unpaired) electrons. The van der Waals surface area contributed by atoms with Crippen LogP contribution in [0.15, 0.2) is 71.5 Å². The van der Waals surface area contributed by atoms with Crippen molar-refractivity contribution < 1.29 is 0 Å². The van der Waals surface area contributed by atoms with Gasteiger partial charge in [-0.15, -0.1) is 0 Å². The maximum absolute atomic E-state index is 4.39. The van der Waals surface area contributed by atoms with E-state index in [4.69, 9.17) is 0 Å². The second-order valence-electron chi connectivity index (χ2n) is 4.86. The van der Waals surface area contributed by atoms with Gasteiger partial charge >= 0.3 is 0 Å². The molecule has 0 bridgehead atoms. The topological polar surface area (TPSA) is 29.9 Å². The average molecular weight is 342 g/mol. The van der Waals surface area contributed by atoms with Crippen molar-refractivity contribution in [1.82, 2.24) is 15.1 Å². The van der Waals surface area contributed by atoms with Gasteiger partial charge in [-0.2, -0.15) is 5.10 Å². The van der Waals surface area contributed by atoms with Gasteiger partial charge in [0.1, 0.15) is 0 Å². The number of halogens is 1. The van der Waals surface area contributed by atoms with Crippen LogP contribution in [0.25, 0.3) is 5.69 Å². The molecule has 0 aliphatic carbocycles. The van der Waals surface area contributed by atoms with E-state index in [0.29, 0.717) is 0 Å². The molecule has 0 spiro atoms. The first-order valence-electron chi connectivity index (χ1n) is 6.85. The molecule has 0 fully saturated rings. The van der Waals surface area contributed by atoms with Crippen LogP contribution in [0.3, 0.4) is 0 Å². The van der Waals surface area contributed by atoms with E-state index in [0.717, 1.165) is 23.2 Å². The van der Waals surface area contributed by atoms with Crippen molar-refractivity contribution >= 4 is 15.9 Å². The molecule has 0 saturated heterocycles. The second kappa shape index (κ2) is 6.70. The number of nitrogens with one attached hydrogen (secondary N) is 1. The molecule has 0 atom stereocenters. The minimum absolute atomic E-state index is 0.808. The number of benzene rings is 2. The van der Waals surface area contributed by atoms with E-state index in [1.54, 1.807) is 0 Å². The maximum atomic E-state index is 4.39. The van der Waals surface area contributed by atoms with Crippen LogP contribution in [0.2, 0.25) is 0 Å². The molecule has 1 heterocycles. The highest BCUT2D eigenvalue weighted by molar-refractivity contribution is 9.10. The maximum Gasteiger partial charge on any atom is 0.0645 e. The summed E-state index contributed by atoms with van der Waals surface area (Å²) in [5, 5.41) is 7.83. The smallest absolute Gasteiger partial charge is 0.0645 e. The van der Waals surface area contributed by atoms with E-state index in [-0.39, 0.29) is 0 Å².